The van der Waals surface area contributed by atoms with E-state index in [4.69, 9.17) is 11.0 Å². The topological polar surface area (TPSA) is 53.0 Å². The Labute approximate surface area is 110 Å². The van der Waals surface area contributed by atoms with Crippen LogP contribution >= 0.6 is 15.9 Å². The van der Waals surface area contributed by atoms with Crippen molar-refractivity contribution in [2.75, 3.05) is 18.0 Å². The van der Waals surface area contributed by atoms with Crippen LogP contribution in [0.15, 0.2) is 22.7 Å². The molecule has 0 atom stereocenters. The number of hydrogen-bond acceptors (Lipinski definition) is 3. The van der Waals surface area contributed by atoms with Crippen LogP contribution in [-0.2, 0) is 0 Å². The molecule has 17 heavy (non-hydrogen) atoms. The van der Waals surface area contributed by atoms with E-state index in [1.54, 1.807) is 0 Å². The van der Waals surface area contributed by atoms with Crippen LogP contribution < -0.4 is 10.6 Å². The molecule has 1 fully saturated rings. The lowest BCUT2D eigenvalue weighted by Crippen LogP contribution is -2.49. The van der Waals surface area contributed by atoms with Crippen molar-refractivity contribution in [1.82, 2.24) is 0 Å². The fourth-order valence-electron chi connectivity index (χ4n) is 2.10. The molecule has 3 nitrogen and oxygen atoms in total. The van der Waals surface area contributed by atoms with Gasteiger partial charge in [-0.05, 0) is 43.5 Å². The van der Waals surface area contributed by atoms with Gasteiger partial charge in [-0.1, -0.05) is 15.9 Å². The van der Waals surface area contributed by atoms with Crippen molar-refractivity contribution in [2.24, 2.45) is 5.73 Å². The van der Waals surface area contributed by atoms with Gasteiger partial charge >= 0.3 is 0 Å². The van der Waals surface area contributed by atoms with Gasteiger partial charge in [-0.25, -0.2) is 0 Å². The number of aryl methyl sites for hydroxylation is 1. The average molecular weight is 294 g/mol. The summed E-state index contributed by atoms with van der Waals surface area (Å²) in [5.74, 6) is 0. The summed E-state index contributed by atoms with van der Waals surface area (Å²) in [7, 11) is 0. The highest BCUT2D eigenvalue weighted by Crippen LogP contribution is 2.27. The van der Waals surface area contributed by atoms with Crippen LogP contribution in [0.4, 0.5) is 5.69 Å². The fourth-order valence-corrected chi connectivity index (χ4v) is 2.35. The van der Waals surface area contributed by atoms with Gasteiger partial charge in [-0.3, -0.25) is 0 Å². The summed E-state index contributed by atoms with van der Waals surface area (Å²) < 4.78 is 1.13. The van der Waals surface area contributed by atoms with Crippen molar-refractivity contribution in [2.45, 2.75) is 25.3 Å². The van der Waals surface area contributed by atoms with Crippen LogP contribution in [-0.4, -0.2) is 18.6 Å². The van der Waals surface area contributed by atoms with Crippen LogP contribution in [0.5, 0.6) is 0 Å². The molecule has 1 aromatic rings. The third-order valence-corrected chi connectivity index (χ3v) is 4.27. The number of benzene rings is 1. The highest BCUT2D eigenvalue weighted by Gasteiger charge is 2.30. The van der Waals surface area contributed by atoms with E-state index in [2.05, 4.69) is 52.0 Å². The maximum absolute atomic E-state index is 8.99. The minimum Gasteiger partial charge on any atom is -0.371 e. The van der Waals surface area contributed by atoms with Crippen molar-refractivity contribution in [1.29, 1.82) is 5.26 Å². The molecular formula is C13H16BrN3. The van der Waals surface area contributed by atoms with Gasteiger partial charge in [0.15, 0.2) is 0 Å². The lowest BCUT2D eigenvalue weighted by molar-refractivity contribution is 0.415. The summed E-state index contributed by atoms with van der Waals surface area (Å²) in [5.41, 5.74) is 7.78. The van der Waals surface area contributed by atoms with Crippen molar-refractivity contribution in [3.63, 3.8) is 0 Å². The first-order valence-corrected chi connectivity index (χ1v) is 6.55. The van der Waals surface area contributed by atoms with Crippen molar-refractivity contribution >= 4 is 21.6 Å². The normalized spacial score (nSPS) is 18.8. The predicted octanol–water partition coefficient (Wildman–Crippen LogP) is 2.58. The summed E-state index contributed by atoms with van der Waals surface area (Å²) in [6.07, 6.45) is 1.47. The lowest BCUT2D eigenvalue weighted by Gasteiger charge is -2.36. The Balaban J connectivity index is 2.11. The zero-order valence-electron chi connectivity index (χ0n) is 9.91. The molecule has 0 bridgehead atoms. The Morgan fingerprint density at radius 3 is 2.59 bits per heavy atom. The first-order valence-electron chi connectivity index (χ1n) is 5.75. The Morgan fingerprint density at radius 2 is 2.06 bits per heavy atom. The quantitative estimate of drug-likeness (QED) is 0.866. The van der Waals surface area contributed by atoms with E-state index in [-0.39, 0.29) is 0 Å². The molecule has 0 spiro atoms. The summed E-state index contributed by atoms with van der Waals surface area (Å²) in [4.78, 5) is 2.29. The van der Waals surface area contributed by atoms with Gasteiger partial charge in [0, 0.05) is 23.2 Å². The largest absolute Gasteiger partial charge is 0.371 e. The van der Waals surface area contributed by atoms with E-state index in [9.17, 15) is 0 Å². The predicted molar refractivity (Wildman–Crippen MR) is 72.9 cm³/mol. The molecule has 0 radical (unpaired) electrons. The lowest BCUT2D eigenvalue weighted by atomic mass is 9.90. The molecule has 90 valence electrons. The Bertz CT molecular complexity index is 456. The third-order valence-electron chi connectivity index (χ3n) is 3.39. The number of piperidine rings is 1. The van der Waals surface area contributed by atoms with Gasteiger partial charge in [0.1, 0.15) is 5.54 Å². The summed E-state index contributed by atoms with van der Waals surface area (Å²) in [6, 6.07) is 8.56. The monoisotopic (exact) mass is 293 g/mol. The number of hydrogen-bond donors (Lipinski definition) is 1. The molecule has 1 aliphatic rings. The maximum atomic E-state index is 8.99. The van der Waals surface area contributed by atoms with Crippen molar-refractivity contribution in [3.8, 4) is 6.07 Å². The molecule has 1 heterocycles. The third kappa shape index (κ3) is 2.62. The molecule has 1 saturated heterocycles. The number of nitrogens with two attached hydrogens (primary N) is 1. The molecule has 2 N–H and O–H groups in total. The van der Waals surface area contributed by atoms with Crippen LogP contribution in [0.25, 0.3) is 0 Å². The maximum Gasteiger partial charge on any atom is 0.107 e. The molecule has 0 saturated carbocycles. The van der Waals surface area contributed by atoms with Crippen molar-refractivity contribution in [3.05, 3.63) is 28.2 Å². The standard InChI is InChI=1S/C13H16BrN3/c1-10-8-11(2-3-12(10)14)17-6-4-13(16,9-15)5-7-17/h2-3,8H,4-7,16H2,1H3. The van der Waals surface area contributed by atoms with Gasteiger partial charge < -0.3 is 10.6 Å². The Kier molecular flexibility index (Phi) is 3.41. The highest BCUT2D eigenvalue weighted by atomic mass is 79.9. The molecule has 0 aromatic heterocycles. The van der Waals surface area contributed by atoms with E-state index in [0.717, 1.165) is 30.4 Å². The van der Waals surface area contributed by atoms with E-state index in [0.29, 0.717) is 0 Å². The van der Waals surface area contributed by atoms with Crippen LogP contribution in [0, 0.1) is 18.3 Å². The van der Waals surface area contributed by atoms with Gasteiger partial charge in [0.05, 0.1) is 6.07 Å². The molecule has 0 aliphatic carbocycles. The number of nitriles is 1. The molecule has 0 unspecified atom stereocenters. The zero-order valence-corrected chi connectivity index (χ0v) is 11.5. The molecule has 4 heteroatoms. The van der Waals surface area contributed by atoms with Crippen LogP contribution in [0.2, 0.25) is 0 Å². The molecular weight excluding hydrogens is 278 g/mol. The minimum absolute atomic E-state index is 0.624. The first-order chi connectivity index (χ1) is 8.04. The van der Waals surface area contributed by atoms with Crippen LogP contribution in [0.3, 0.4) is 0 Å². The summed E-state index contributed by atoms with van der Waals surface area (Å²) in [5, 5.41) is 8.99. The Morgan fingerprint density at radius 1 is 1.41 bits per heavy atom. The van der Waals surface area contributed by atoms with E-state index in [1.807, 2.05) is 0 Å². The molecule has 1 aromatic carbocycles. The fraction of sp³-hybridized carbons (Fsp3) is 0.462. The SMILES string of the molecule is Cc1cc(N2CCC(N)(C#N)CC2)ccc1Br. The smallest absolute Gasteiger partial charge is 0.107 e. The van der Waals surface area contributed by atoms with Crippen LogP contribution in [0.1, 0.15) is 18.4 Å². The minimum atomic E-state index is -0.624. The van der Waals surface area contributed by atoms with Gasteiger partial charge in [0.2, 0.25) is 0 Å². The molecule has 0 amide bonds. The second-order valence-corrected chi connectivity index (χ2v) is 5.54. The van der Waals surface area contributed by atoms with E-state index >= 15 is 0 Å². The van der Waals surface area contributed by atoms with Crippen molar-refractivity contribution < 1.29 is 0 Å². The van der Waals surface area contributed by atoms with Gasteiger partial charge in [0.25, 0.3) is 0 Å². The summed E-state index contributed by atoms with van der Waals surface area (Å²) >= 11 is 3.50. The molecule has 1 aliphatic heterocycles. The molecule has 2 rings (SSSR count). The number of rotatable bonds is 1. The van der Waals surface area contributed by atoms with Gasteiger partial charge in [-0.15, -0.1) is 0 Å². The first kappa shape index (κ1) is 12.4. The second kappa shape index (κ2) is 4.67. The highest BCUT2D eigenvalue weighted by molar-refractivity contribution is 9.10. The second-order valence-electron chi connectivity index (χ2n) is 4.69. The Hall–Kier alpha value is -1.05. The van der Waals surface area contributed by atoms with Gasteiger partial charge in [-0.2, -0.15) is 5.26 Å². The summed E-state index contributed by atoms with van der Waals surface area (Å²) in [6.45, 7) is 3.79. The van der Waals surface area contributed by atoms with E-state index < -0.39 is 5.54 Å². The van der Waals surface area contributed by atoms with E-state index in [1.165, 1.54) is 11.3 Å². The number of nitrogens with zero attached hydrogens (tertiary/aromatic N) is 2. The zero-order chi connectivity index (χ0) is 12.5. The number of anilines is 1. The number of halogens is 1. The average Bonchev–Trinajstić information content (AvgIpc) is 2.34.